The molecule has 0 saturated carbocycles. The van der Waals surface area contributed by atoms with Crippen LogP contribution in [0.25, 0.3) is 11.4 Å². The van der Waals surface area contributed by atoms with Gasteiger partial charge in [0.1, 0.15) is 0 Å². The zero-order chi connectivity index (χ0) is 20.1. The largest absolute Gasteiger partial charge is 0.325 e. The number of hydrogen-bond acceptors (Lipinski definition) is 4. The Bertz CT molecular complexity index is 955. The van der Waals surface area contributed by atoms with Crippen molar-refractivity contribution in [2.24, 2.45) is 7.05 Å². The molecule has 3 aromatic rings. The molecule has 1 amide bonds. The summed E-state index contributed by atoms with van der Waals surface area (Å²) in [6, 6.07) is 15.4. The number of thioether (sulfide) groups is 1. The van der Waals surface area contributed by atoms with E-state index in [0.717, 1.165) is 29.1 Å². The van der Waals surface area contributed by atoms with Gasteiger partial charge in [-0.15, -0.1) is 10.2 Å². The molecule has 0 bridgehead atoms. The molecule has 1 atom stereocenters. The van der Waals surface area contributed by atoms with Crippen molar-refractivity contribution >= 4 is 35.0 Å². The summed E-state index contributed by atoms with van der Waals surface area (Å²) in [4.78, 5) is 12.5. The lowest BCUT2D eigenvalue weighted by Gasteiger charge is -2.15. The van der Waals surface area contributed by atoms with Crippen molar-refractivity contribution in [2.45, 2.75) is 31.3 Å². The van der Waals surface area contributed by atoms with E-state index in [-0.39, 0.29) is 11.7 Å². The average Bonchev–Trinajstić information content (AvgIpc) is 3.07. The lowest BCUT2D eigenvalue weighted by Crippen LogP contribution is -2.16. The van der Waals surface area contributed by atoms with Gasteiger partial charge in [0.25, 0.3) is 0 Å². The van der Waals surface area contributed by atoms with Crippen molar-refractivity contribution in [1.82, 2.24) is 14.8 Å². The molecule has 0 aliphatic heterocycles. The molecular formula is C21H23ClN4OS. The molecule has 28 heavy (non-hydrogen) atoms. The van der Waals surface area contributed by atoms with Crippen molar-refractivity contribution in [3.63, 3.8) is 0 Å². The molecule has 1 aromatic heterocycles. The highest BCUT2D eigenvalue weighted by Gasteiger charge is 2.15. The standard InChI is InChI=1S/C21H23ClN4OS/c1-4-14(2)17-7-5-6-8-18(17)23-19(27)13-28-21-25-24-20(26(21)3)15-9-11-16(22)12-10-15/h5-12,14H,4,13H2,1-3H3,(H,23,27)/t14-/m0/s1. The maximum atomic E-state index is 12.5. The Kier molecular flexibility index (Phi) is 6.75. The zero-order valence-electron chi connectivity index (χ0n) is 16.1. The molecule has 0 saturated heterocycles. The van der Waals surface area contributed by atoms with Crippen molar-refractivity contribution in [3.05, 3.63) is 59.1 Å². The molecule has 1 N–H and O–H groups in total. The summed E-state index contributed by atoms with van der Waals surface area (Å²) in [6.45, 7) is 4.31. The van der Waals surface area contributed by atoms with E-state index in [1.807, 2.05) is 54.1 Å². The molecule has 3 rings (SSSR count). The third kappa shape index (κ3) is 4.75. The van der Waals surface area contributed by atoms with Crippen LogP contribution in [-0.4, -0.2) is 26.4 Å². The van der Waals surface area contributed by atoms with Crippen molar-refractivity contribution in [1.29, 1.82) is 0 Å². The van der Waals surface area contributed by atoms with Gasteiger partial charge in [0.05, 0.1) is 5.75 Å². The van der Waals surface area contributed by atoms with Crippen molar-refractivity contribution in [3.8, 4) is 11.4 Å². The monoisotopic (exact) mass is 414 g/mol. The van der Waals surface area contributed by atoms with Gasteiger partial charge in [0.2, 0.25) is 5.91 Å². The molecule has 5 nitrogen and oxygen atoms in total. The highest BCUT2D eigenvalue weighted by Crippen LogP contribution is 2.27. The van der Waals surface area contributed by atoms with Crippen LogP contribution in [0, 0.1) is 0 Å². The normalized spacial score (nSPS) is 12.0. The van der Waals surface area contributed by atoms with Gasteiger partial charge in [0, 0.05) is 23.3 Å². The first-order valence-electron chi connectivity index (χ1n) is 9.16. The first kappa shape index (κ1) is 20.4. The Morgan fingerprint density at radius 2 is 1.89 bits per heavy atom. The van der Waals surface area contributed by atoms with E-state index in [2.05, 4.69) is 35.4 Å². The molecule has 0 unspecified atom stereocenters. The van der Waals surface area contributed by atoms with E-state index in [1.54, 1.807) is 0 Å². The van der Waals surface area contributed by atoms with Crippen LogP contribution in [0.1, 0.15) is 31.7 Å². The van der Waals surface area contributed by atoms with Crippen LogP contribution in [0.5, 0.6) is 0 Å². The van der Waals surface area contributed by atoms with Gasteiger partial charge >= 0.3 is 0 Å². The molecule has 7 heteroatoms. The summed E-state index contributed by atoms with van der Waals surface area (Å²) < 4.78 is 1.88. The predicted molar refractivity (Wildman–Crippen MR) is 116 cm³/mol. The van der Waals surface area contributed by atoms with Crippen LogP contribution in [0.15, 0.2) is 53.7 Å². The van der Waals surface area contributed by atoms with Crippen molar-refractivity contribution in [2.75, 3.05) is 11.1 Å². The van der Waals surface area contributed by atoms with E-state index < -0.39 is 0 Å². The summed E-state index contributed by atoms with van der Waals surface area (Å²) in [5, 5.41) is 12.9. The first-order chi connectivity index (χ1) is 13.5. The average molecular weight is 415 g/mol. The third-order valence-corrected chi connectivity index (χ3v) is 5.92. The minimum Gasteiger partial charge on any atom is -0.325 e. The molecule has 0 fully saturated rings. The van der Waals surface area contributed by atoms with Crippen LogP contribution < -0.4 is 5.32 Å². The van der Waals surface area contributed by atoms with Crippen LogP contribution in [0.2, 0.25) is 5.02 Å². The smallest absolute Gasteiger partial charge is 0.234 e. The number of carbonyl (C=O) groups excluding carboxylic acids is 1. The number of hydrogen-bond donors (Lipinski definition) is 1. The number of anilines is 1. The number of nitrogens with one attached hydrogen (secondary N) is 1. The molecule has 0 aliphatic carbocycles. The fourth-order valence-corrected chi connectivity index (χ4v) is 3.70. The number of carbonyl (C=O) groups is 1. The molecule has 1 heterocycles. The van der Waals surface area contributed by atoms with Gasteiger partial charge in [-0.05, 0) is 48.2 Å². The molecule has 146 valence electrons. The maximum Gasteiger partial charge on any atom is 0.234 e. The number of rotatable bonds is 7. The lowest BCUT2D eigenvalue weighted by molar-refractivity contribution is -0.113. The van der Waals surface area contributed by atoms with Crippen LogP contribution in [0.3, 0.4) is 0 Å². The van der Waals surface area contributed by atoms with Gasteiger partial charge < -0.3 is 9.88 Å². The lowest BCUT2D eigenvalue weighted by atomic mass is 9.97. The number of aromatic nitrogens is 3. The molecular weight excluding hydrogens is 392 g/mol. The molecule has 2 aromatic carbocycles. The summed E-state index contributed by atoms with van der Waals surface area (Å²) in [6.07, 6.45) is 1.02. The van der Waals surface area contributed by atoms with E-state index >= 15 is 0 Å². The second kappa shape index (κ2) is 9.26. The Morgan fingerprint density at radius 3 is 2.61 bits per heavy atom. The van der Waals surface area contributed by atoms with Gasteiger partial charge in [-0.1, -0.05) is 55.4 Å². The summed E-state index contributed by atoms with van der Waals surface area (Å²) in [7, 11) is 1.89. The van der Waals surface area contributed by atoms with Gasteiger partial charge in [-0.3, -0.25) is 4.79 Å². The summed E-state index contributed by atoms with van der Waals surface area (Å²) in [5.41, 5.74) is 2.97. The Labute approximate surface area is 174 Å². The fourth-order valence-electron chi connectivity index (χ4n) is 2.87. The summed E-state index contributed by atoms with van der Waals surface area (Å²) >= 11 is 7.31. The first-order valence-corrected chi connectivity index (χ1v) is 10.5. The van der Waals surface area contributed by atoms with Crippen LogP contribution in [0.4, 0.5) is 5.69 Å². The second-order valence-corrected chi connectivity index (χ2v) is 7.98. The topological polar surface area (TPSA) is 59.8 Å². The van der Waals surface area contributed by atoms with Gasteiger partial charge in [0.15, 0.2) is 11.0 Å². The second-order valence-electron chi connectivity index (χ2n) is 6.61. The fraction of sp³-hybridized carbons (Fsp3) is 0.286. The number of para-hydroxylation sites is 1. The van der Waals surface area contributed by atoms with E-state index in [0.29, 0.717) is 16.1 Å². The van der Waals surface area contributed by atoms with Gasteiger partial charge in [-0.25, -0.2) is 0 Å². The maximum absolute atomic E-state index is 12.5. The quantitative estimate of drug-likeness (QED) is 0.527. The SMILES string of the molecule is CC[C@H](C)c1ccccc1NC(=O)CSc1nnc(-c2ccc(Cl)cc2)n1C. The van der Waals surface area contributed by atoms with E-state index in [4.69, 9.17) is 11.6 Å². The molecule has 0 radical (unpaired) electrons. The minimum absolute atomic E-state index is 0.0585. The highest BCUT2D eigenvalue weighted by atomic mass is 35.5. The van der Waals surface area contributed by atoms with Gasteiger partial charge in [-0.2, -0.15) is 0 Å². The number of nitrogens with zero attached hydrogens (tertiary/aromatic N) is 3. The number of amides is 1. The number of halogens is 1. The minimum atomic E-state index is -0.0585. The predicted octanol–water partition coefficient (Wildman–Crippen LogP) is 5.38. The van der Waals surface area contributed by atoms with E-state index in [1.165, 1.54) is 11.8 Å². The third-order valence-electron chi connectivity index (χ3n) is 4.65. The Balaban J connectivity index is 1.65. The molecule has 0 aliphatic rings. The highest BCUT2D eigenvalue weighted by molar-refractivity contribution is 7.99. The van der Waals surface area contributed by atoms with Crippen LogP contribution >= 0.6 is 23.4 Å². The van der Waals surface area contributed by atoms with Crippen molar-refractivity contribution < 1.29 is 4.79 Å². The molecule has 0 spiro atoms. The Morgan fingerprint density at radius 1 is 1.18 bits per heavy atom. The van der Waals surface area contributed by atoms with Crippen LogP contribution in [-0.2, 0) is 11.8 Å². The Hall–Kier alpha value is -2.31. The number of benzene rings is 2. The zero-order valence-corrected chi connectivity index (χ0v) is 17.7. The summed E-state index contributed by atoms with van der Waals surface area (Å²) in [5.74, 6) is 1.34. The van der Waals surface area contributed by atoms with E-state index in [9.17, 15) is 4.79 Å².